The lowest BCUT2D eigenvalue weighted by Crippen LogP contribution is -2.46. The topological polar surface area (TPSA) is 130 Å². The zero-order chi connectivity index (χ0) is 20.1. The Bertz CT molecular complexity index is 886. The van der Waals surface area contributed by atoms with Gasteiger partial charge in [-0.05, 0) is 24.8 Å². The van der Waals surface area contributed by atoms with Crippen LogP contribution in [-0.2, 0) is 14.4 Å². The standard InChI is InChI=1S/C18H19N3O7/c22-15(19-7-11-2-1-5-18(11,10-19)17(24)25)8-20-13-6-12(21(26)27)3-4-14(13)28-9-16(20)23/h3-4,6,11H,1-2,5,7-10H2,(H,24,25)/t11-,18+/m0/s1. The molecule has 2 aliphatic heterocycles. The van der Waals surface area contributed by atoms with Crippen LogP contribution in [0.1, 0.15) is 19.3 Å². The molecule has 4 rings (SSSR count). The summed E-state index contributed by atoms with van der Waals surface area (Å²) in [6.07, 6.45) is 2.14. The highest BCUT2D eigenvalue weighted by atomic mass is 16.6. The van der Waals surface area contributed by atoms with Gasteiger partial charge in [-0.3, -0.25) is 29.4 Å². The summed E-state index contributed by atoms with van der Waals surface area (Å²) in [7, 11) is 0. The predicted octanol–water partition coefficient (Wildman–Crippen LogP) is 1.03. The van der Waals surface area contributed by atoms with E-state index in [9.17, 15) is 29.6 Å². The molecule has 0 spiro atoms. The molecule has 1 aromatic carbocycles. The van der Waals surface area contributed by atoms with E-state index in [0.29, 0.717) is 18.7 Å². The average molecular weight is 389 g/mol. The van der Waals surface area contributed by atoms with E-state index >= 15 is 0 Å². The number of carboxylic acid groups (broad SMARTS) is 1. The Morgan fingerprint density at radius 2 is 2.18 bits per heavy atom. The van der Waals surface area contributed by atoms with Gasteiger partial charge >= 0.3 is 5.97 Å². The minimum absolute atomic E-state index is 0.0808. The normalized spacial score (nSPS) is 25.9. The summed E-state index contributed by atoms with van der Waals surface area (Å²) in [6, 6.07) is 3.88. The van der Waals surface area contributed by atoms with Crippen molar-refractivity contribution in [2.24, 2.45) is 11.3 Å². The van der Waals surface area contributed by atoms with Gasteiger partial charge in [0.25, 0.3) is 11.6 Å². The zero-order valence-corrected chi connectivity index (χ0v) is 15.0. The number of carbonyl (C=O) groups is 3. The molecule has 0 aromatic heterocycles. The maximum absolute atomic E-state index is 12.8. The molecule has 1 saturated carbocycles. The average Bonchev–Trinajstić information content (AvgIpc) is 3.22. The van der Waals surface area contributed by atoms with Crippen LogP contribution in [0.15, 0.2) is 18.2 Å². The number of carboxylic acids is 1. The minimum Gasteiger partial charge on any atom is -0.482 e. The van der Waals surface area contributed by atoms with Crippen molar-refractivity contribution in [1.82, 2.24) is 4.90 Å². The molecule has 28 heavy (non-hydrogen) atoms. The molecule has 148 valence electrons. The van der Waals surface area contributed by atoms with Crippen LogP contribution in [0.2, 0.25) is 0 Å². The first kappa shape index (κ1) is 18.2. The van der Waals surface area contributed by atoms with Crippen LogP contribution in [-0.4, -0.2) is 59.0 Å². The third kappa shape index (κ3) is 2.76. The fourth-order valence-corrected chi connectivity index (χ4v) is 4.54. The molecule has 0 radical (unpaired) electrons. The summed E-state index contributed by atoms with van der Waals surface area (Å²) in [5, 5.41) is 20.7. The van der Waals surface area contributed by atoms with Gasteiger partial charge in [0, 0.05) is 25.2 Å². The molecule has 0 unspecified atom stereocenters. The molecule has 1 aliphatic carbocycles. The number of likely N-dealkylation sites (tertiary alicyclic amines) is 1. The van der Waals surface area contributed by atoms with Gasteiger partial charge in [-0.2, -0.15) is 0 Å². The van der Waals surface area contributed by atoms with Gasteiger partial charge in [0.05, 0.1) is 16.0 Å². The van der Waals surface area contributed by atoms with Crippen molar-refractivity contribution < 1.29 is 29.2 Å². The zero-order valence-electron chi connectivity index (χ0n) is 15.0. The van der Waals surface area contributed by atoms with Gasteiger partial charge < -0.3 is 14.7 Å². The van der Waals surface area contributed by atoms with E-state index in [1.54, 1.807) is 0 Å². The number of rotatable bonds is 4. The number of nitro benzene ring substituents is 1. The van der Waals surface area contributed by atoms with E-state index < -0.39 is 22.2 Å². The molecule has 0 bridgehead atoms. The number of carbonyl (C=O) groups excluding carboxylic acids is 2. The van der Waals surface area contributed by atoms with Crippen molar-refractivity contribution in [3.05, 3.63) is 28.3 Å². The van der Waals surface area contributed by atoms with E-state index in [1.165, 1.54) is 28.0 Å². The molecule has 1 saturated heterocycles. The Morgan fingerprint density at radius 3 is 2.86 bits per heavy atom. The van der Waals surface area contributed by atoms with Gasteiger partial charge in [-0.25, -0.2) is 0 Å². The van der Waals surface area contributed by atoms with Crippen LogP contribution in [0.5, 0.6) is 5.75 Å². The first-order valence-corrected chi connectivity index (χ1v) is 9.04. The van der Waals surface area contributed by atoms with Crippen molar-refractivity contribution in [2.45, 2.75) is 19.3 Å². The van der Waals surface area contributed by atoms with E-state index in [-0.39, 0.29) is 42.9 Å². The second-order valence-corrected chi connectivity index (χ2v) is 7.50. The second kappa shape index (κ2) is 6.47. The number of ether oxygens (including phenoxy) is 1. The highest BCUT2D eigenvalue weighted by Crippen LogP contribution is 2.49. The van der Waals surface area contributed by atoms with Crippen LogP contribution >= 0.6 is 0 Å². The number of fused-ring (bicyclic) bond motifs is 2. The number of benzene rings is 1. The molecule has 2 heterocycles. The van der Waals surface area contributed by atoms with E-state index in [1.807, 2.05) is 0 Å². The molecule has 2 fully saturated rings. The number of hydrogen-bond donors (Lipinski definition) is 1. The lowest BCUT2D eigenvalue weighted by molar-refractivity contribution is -0.384. The molecule has 2 amide bonds. The SMILES string of the molecule is O=C(CN1C(=O)COc2ccc([N+](=O)[O-])cc21)N1C[C@@H]2CCC[C@@]2(C(=O)O)C1. The summed E-state index contributed by atoms with van der Waals surface area (Å²) < 4.78 is 5.30. The number of non-ortho nitro benzene ring substituents is 1. The first-order chi connectivity index (χ1) is 13.3. The summed E-state index contributed by atoms with van der Waals surface area (Å²) in [5.74, 6) is -1.52. The Hall–Kier alpha value is -3.17. The van der Waals surface area contributed by atoms with Crippen LogP contribution < -0.4 is 9.64 Å². The number of anilines is 1. The lowest BCUT2D eigenvalue weighted by Gasteiger charge is -2.30. The van der Waals surface area contributed by atoms with Crippen molar-refractivity contribution in [3.63, 3.8) is 0 Å². The molecule has 10 nitrogen and oxygen atoms in total. The Labute approximate surface area is 159 Å². The molecular formula is C18H19N3O7. The summed E-state index contributed by atoms with van der Waals surface area (Å²) in [4.78, 5) is 50.1. The van der Waals surface area contributed by atoms with Crippen LogP contribution in [0.25, 0.3) is 0 Å². The second-order valence-electron chi connectivity index (χ2n) is 7.50. The van der Waals surface area contributed by atoms with Gasteiger partial charge in [0.1, 0.15) is 12.3 Å². The number of aliphatic carboxylic acids is 1. The van der Waals surface area contributed by atoms with Crippen LogP contribution in [0.3, 0.4) is 0 Å². The van der Waals surface area contributed by atoms with Gasteiger partial charge in [0.15, 0.2) is 6.61 Å². The summed E-state index contributed by atoms with van der Waals surface area (Å²) >= 11 is 0. The van der Waals surface area contributed by atoms with Crippen molar-refractivity contribution in [3.8, 4) is 5.75 Å². The largest absolute Gasteiger partial charge is 0.482 e. The van der Waals surface area contributed by atoms with Crippen LogP contribution in [0, 0.1) is 21.4 Å². The molecular weight excluding hydrogens is 370 g/mol. The predicted molar refractivity (Wildman–Crippen MR) is 94.9 cm³/mol. The van der Waals surface area contributed by atoms with Gasteiger partial charge in [-0.15, -0.1) is 0 Å². The minimum atomic E-state index is -0.901. The van der Waals surface area contributed by atoms with Crippen molar-refractivity contribution >= 4 is 29.2 Å². The van der Waals surface area contributed by atoms with E-state index in [0.717, 1.165) is 12.8 Å². The third-order valence-electron chi connectivity index (χ3n) is 6.04. The Balaban J connectivity index is 1.56. The lowest BCUT2D eigenvalue weighted by atomic mass is 9.81. The third-order valence-corrected chi connectivity index (χ3v) is 6.04. The Morgan fingerprint density at radius 1 is 1.39 bits per heavy atom. The van der Waals surface area contributed by atoms with Crippen molar-refractivity contribution in [2.75, 3.05) is 31.1 Å². The van der Waals surface area contributed by atoms with Crippen molar-refractivity contribution in [1.29, 1.82) is 0 Å². The summed E-state index contributed by atoms with van der Waals surface area (Å²) in [6.45, 7) is -0.0871. The molecule has 1 aromatic rings. The number of hydrogen-bond acceptors (Lipinski definition) is 6. The van der Waals surface area contributed by atoms with Crippen LogP contribution in [0.4, 0.5) is 11.4 Å². The smallest absolute Gasteiger partial charge is 0.311 e. The number of nitro groups is 1. The Kier molecular flexibility index (Phi) is 4.20. The summed E-state index contributed by atoms with van der Waals surface area (Å²) in [5.41, 5.74) is -0.942. The van der Waals surface area contributed by atoms with E-state index in [2.05, 4.69) is 0 Å². The first-order valence-electron chi connectivity index (χ1n) is 9.04. The maximum Gasteiger partial charge on any atom is 0.311 e. The molecule has 1 N–H and O–H groups in total. The van der Waals surface area contributed by atoms with Gasteiger partial charge in [-0.1, -0.05) is 6.42 Å². The molecule has 2 atom stereocenters. The maximum atomic E-state index is 12.8. The quantitative estimate of drug-likeness (QED) is 0.601. The molecule has 10 heteroatoms. The van der Waals surface area contributed by atoms with Gasteiger partial charge in [0.2, 0.25) is 5.91 Å². The highest BCUT2D eigenvalue weighted by molar-refractivity contribution is 6.02. The highest BCUT2D eigenvalue weighted by Gasteiger charge is 2.55. The fraction of sp³-hybridized carbons (Fsp3) is 0.500. The monoisotopic (exact) mass is 389 g/mol. The van der Waals surface area contributed by atoms with E-state index in [4.69, 9.17) is 4.74 Å². The fourth-order valence-electron chi connectivity index (χ4n) is 4.54. The molecule has 3 aliphatic rings. The number of nitrogens with zero attached hydrogens (tertiary/aromatic N) is 3. The number of amides is 2.